The minimum absolute atomic E-state index is 0.0820. The lowest BCUT2D eigenvalue weighted by Gasteiger charge is -2.38. The Bertz CT molecular complexity index is 1190. The van der Waals surface area contributed by atoms with Gasteiger partial charge in [-0.3, -0.25) is 0 Å². The van der Waals surface area contributed by atoms with Gasteiger partial charge in [-0.05, 0) is 48.4 Å². The van der Waals surface area contributed by atoms with E-state index >= 15 is 0 Å². The summed E-state index contributed by atoms with van der Waals surface area (Å²) in [5.74, 6) is 1.35. The molecule has 1 atom stereocenters. The van der Waals surface area contributed by atoms with Crippen LogP contribution < -0.4 is 4.90 Å². The Hall–Kier alpha value is -2.86. The number of anilines is 1. The molecule has 0 fully saturated rings. The van der Waals surface area contributed by atoms with Gasteiger partial charge in [0.1, 0.15) is 5.82 Å². The largest absolute Gasteiger partial charge is 0.492 e. The lowest BCUT2D eigenvalue weighted by Crippen LogP contribution is -2.34. The normalized spacial score (nSPS) is 15.0. The third-order valence-corrected chi connectivity index (χ3v) is 7.00. The van der Waals surface area contributed by atoms with Gasteiger partial charge in [0.25, 0.3) is 0 Å². The topological polar surface area (TPSA) is 53.7 Å². The van der Waals surface area contributed by atoms with Gasteiger partial charge in [-0.1, -0.05) is 67.6 Å². The highest BCUT2D eigenvalue weighted by molar-refractivity contribution is 7.17. The van der Waals surface area contributed by atoms with Crippen molar-refractivity contribution in [3.63, 3.8) is 0 Å². The van der Waals surface area contributed by atoms with Crippen molar-refractivity contribution in [1.29, 1.82) is 0 Å². The van der Waals surface area contributed by atoms with E-state index in [0.717, 1.165) is 29.2 Å². The van der Waals surface area contributed by atoms with E-state index in [1.54, 1.807) is 4.52 Å². The third-order valence-electron chi connectivity index (χ3n) is 5.93. The minimum Gasteiger partial charge on any atom is -0.492 e. The summed E-state index contributed by atoms with van der Waals surface area (Å²) in [5, 5.41) is 15.5. The first-order chi connectivity index (χ1) is 14.5. The standard InChI is InChI=1S/C24H26N4OS/c1-15(2)17-10-12-19(13-11-17)21(22-23(29)28-24(30-22)25-16(3)26-28)27-14-6-8-18-7-4-5-9-20(18)27/h4-5,7,9-13,15,21,29H,6,8,14H2,1-3H3. The average molecular weight is 419 g/mol. The second kappa shape index (κ2) is 7.43. The molecule has 1 aliphatic rings. The highest BCUT2D eigenvalue weighted by atomic mass is 32.1. The fraction of sp³-hybridized carbons (Fsp3) is 0.333. The maximum absolute atomic E-state index is 11.1. The lowest BCUT2D eigenvalue weighted by molar-refractivity contribution is 0.429. The molecule has 0 amide bonds. The fourth-order valence-corrected chi connectivity index (χ4v) is 5.53. The SMILES string of the molecule is Cc1nc2sc(C(c3ccc(C(C)C)cc3)N3CCCc4ccccc43)c(O)n2n1. The summed E-state index contributed by atoms with van der Waals surface area (Å²) < 4.78 is 1.57. The first kappa shape index (κ1) is 19.1. The Morgan fingerprint density at radius 3 is 2.50 bits per heavy atom. The molecule has 2 aromatic carbocycles. The van der Waals surface area contributed by atoms with Gasteiger partial charge in [-0.15, -0.1) is 5.10 Å². The Kier molecular flexibility index (Phi) is 4.74. The number of thiazole rings is 1. The van der Waals surface area contributed by atoms with E-state index in [1.165, 1.54) is 33.7 Å². The molecule has 1 unspecified atom stereocenters. The molecule has 1 aliphatic heterocycles. The van der Waals surface area contributed by atoms with Crippen LogP contribution in [0, 0.1) is 6.92 Å². The van der Waals surface area contributed by atoms with Crippen LogP contribution in [-0.2, 0) is 6.42 Å². The lowest BCUT2D eigenvalue weighted by atomic mass is 9.94. The van der Waals surface area contributed by atoms with Gasteiger partial charge in [0.05, 0.1) is 10.9 Å². The average Bonchev–Trinajstić information content (AvgIpc) is 3.26. The van der Waals surface area contributed by atoms with Gasteiger partial charge >= 0.3 is 0 Å². The van der Waals surface area contributed by atoms with Crippen LogP contribution in [0.4, 0.5) is 5.69 Å². The van der Waals surface area contributed by atoms with Crippen molar-refractivity contribution in [2.45, 2.75) is 45.6 Å². The molecule has 0 radical (unpaired) electrons. The predicted octanol–water partition coefficient (Wildman–Crippen LogP) is 5.47. The van der Waals surface area contributed by atoms with Crippen molar-refractivity contribution in [1.82, 2.24) is 14.6 Å². The van der Waals surface area contributed by atoms with E-state index in [1.807, 2.05) is 6.92 Å². The molecule has 2 aromatic heterocycles. The maximum Gasteiger partial charge on any atom is 0.230 e. The molecule has 0 bridgehead atoms. The summed E-state index contributed by atoms with van der Waals surface area (Å²) >= 11 is 1.52. The van der Waals surface area contributed by atoms with Crippen LogP contribution in [0.15, 0.2) is 48.5 Å². The summed E-state index contributed by atoms with van der Waals surface area (Å²) in [4.78, 5) is 8.54. The van der Waals surface area contributed by atoms with E-state index in [9.17, 15) is 5.11 Å². The zero-order valence-corrected chi connectivity index (χ0v) is 18.4. The molecule has 6 heteroatoms. The second-order valence-corrected chi connectivity index (χ2v) is 9.30. The summed E-state index contributed by atoms with van der Waals surface area (Å²) in [5.41, 5.74) is 5.10. The summed E-state index contributed by atoms with van der Waals surface area (Å²) in [7, 11) is 0. The van der Waals surface area contributed by atoms with E-state index in [4.69, 9.17) is 0 Å². The van der Waals surface area contributed by atoms with Crippen LogP contribution in [0.5, 0.6) is 5.88 Å². The molecule has 30 heavy (non-hydrogen) atoms. The van der Waals surface area contributed by atoms with E-state index in [2.05, 4.69) is 77.4 Å². The highest BCUT2D eigenvalue weighted by Gasteiger charge is 2.32. The van der Waals surface area contributed by atoms with Crippen molar-refractivity contribution in [2.24, 2.45) is 0 Å². The molecular weight excluding hydrogens is 392 g/mol. The van der Waals surface area contributed by atoms with Crippen LogP contribution >= 0.6 is 11.3 Å². The number of aryl methyl sites for hydroxylation is 2. The molecule has 3 heterocycles. The van der Waals surface area contributed by atoms with Crippen LogP contribution in [0.3, 0.4) is 0 Å². The monoisotopic (exact) mass is 418 g/mol. The quantitative estimate of drug-likeness (QED) is 0.477. The summed E-state index contributed by atoms with van der Waals surface area (Å²) in [6.45, 7) is 7.21. The third kappa shape index (κ3) is 3.16. The van der Waals surface area contributed by atoms with Gasteiger partial charge < -0.3 is 10.0 Å². The number of aromatic nitrogens is 3. The number of fused-ring (bicyclic) bond motifs is 2. The molecule has 0 saturated heterocycles. The number of rotatable bonds is 4. The van der Waals surface area contributed by atoms with Crippen molar-refractivity contribution in [3.05, 3.63) is 75.9 Å². The minimum atomic E-state index is -0.0820. The van der Waals surface area contributed by atoms with Crippen molar-refractivity contribution in [3.8, 4) is 5.88 Å². The van der Waals surface area contributed by atoms with Gasteiger partial charge in [0.15, 0.2) is 0 Å². The van der Waals surface area contributed by atoms with E-state index < -0.39 is 0 Å². The second-order valence-electron chi connectivity index (χ2n) is 8.29. The van der Waals surface area contributed by atoms with Crippen molar-refractivity contribution in [2.75, 3.05) is 11.4 Å². The number of hydrogen-bond acceptors (Lipinski definition) is 5. The smallest absolute Gasteiger partial charge is 0.230 e. The zero-order chi connectivity index (χ0) is 20.8. The van der Waals surface area contributed by atoms with Gasteiger partial charge in [0.2, 0.25) is 10.8 Å². The molecular formula is C24H26N4OS. The molecule has 5 rings (SSSR count). The van der Waals surface area contributed by atoms with Crippen LogP contribution in [0.25, 0.3) is 4.96 Å². The summed E-state index contributed by atoms with van der Waals surface area (Å²) in [6.07, 6.45) is 2.18. The van der Waals surface area contributed by atoms with Crippen LogP contribution in [0.2, 0.25) is 0 Å². The van der Waals surface area contributed by atoms with Gasteiger partial charge in [-0.2, -0.15) is 4.52 Å². The zero-order valence-electron chi connectivity index (χ0n) is 17.5. The molecule has 0 saturated carbocycles. The Balaban J connectivity index is 1.68. The van der Waals surface area contributed by atoms with Crippen molar-refractivity contribution < 1.29 is 5.11 Å². The maximum atomic E-state index is 11.1. The van der Waals surface area contributed by atoms with Crippen LogP contribution in [-0.4, -0.2) is 26.2 Å². The Morgan fingerprint density at radius 1 is 1.03 bits per heavy atom. The number of aromatic hydroxyl groups is 1. The van der Waals surface area contributed by atoms with E-state index in [0.29, 0.717) is 11.7 Å². The molecule has 5 nitrogen and oxygen atoms in total. The molecule has 154 valence electrons. The molecule has 0 aliphatic carbocycles. The van der Waals surface area contributed by atoms with Crippen LogP contribution in [0.1, 0.15) is 59.6 Å². The summed E-state index contributed by atoms with van der Waals surface area (Å²) in [6, 6.07) is 17.4. The first-order valence-corrected chi connectivity index (χ1v) is 11.3. The number of nitrogens with zero attached hydrogens (tertiary/aromatic N) is 4. The molecule has 4 aromatic rings. The number of benzene rings is 2. The van der Waals surface area contributed by atoms with Gasteiger partial charge in [0, 0.05) is 12.2 Å². The van der Waals surface area contributed by atoms with Gasteiger partial charge in [-0.25, -0.2) is 4.98 Å². The first-order valence-electron chi connectivity index (χ1n) is 10.5. The van der Waals surface area contributed by atoms with Crippen molar-refractivity contribution >= 4 is 22.0 Å². The fourth-order valence-electron chi connectivity index (χ4n) is 4.39. The molecule has 1 N–H and O–H groups in total. The molecule has 0 spiro atoms. The predicted molar refractivity (Wildman–Crippen MR) is 122 cm³/mol. The Labute approximate surface area is 180 Å². The number of para-hydroxylation sites is 1. The highest BCUT2D eigenvalue weighted by Crippen LogP contribution is 2.44. The number of hydrogen-bond donors (Lipinski definition) is 1. The van der Waals surface area contributed by atoms with E-state index in [-0.39, 0.29) is 11.9 Å². The Morgan fingerprint density at radius 2 is 1.77 bits per heavy atom.